The quantitative estimate of drug-likeness (QED) is 0.855. The molecular weight excluding hydrogens is 272 g/mol. The third kappa shape index (κ3) is 2.84. The van der Waals surface area contributed by atoms with Crippen molar-refractivity contribution in [3.8, 4) is 0 Å². The van der Waals surface area contributed by atoms with Gasteiger partial charge in [0.1, 0.15) is 0 Å². The molecule has 0 N–H and O–H groups in total. The van der Waals surface area contributed by atoms with E-state index in [1.54, 1.807) is 6.07 Å². The molecular formula is C16H21ClN2O. The lowest BCUT2D eigenvalue weighted by Crippen LogP contribution is -2.47. The summed E-state index contributed by atoms with van der Waals surface area (Å²) >= 11 is 6.19. The molecule has 1 aliphatic carbocycles. The van der Waals surface area contributed by atoms with Crippen molar-refractivity contribution in [2.75, 3.05) is 20.1 Å². The van der Waals surface area contributed by atoms with Crippen LogP contribution in [-0.2, 0) is 0 Å². The second-order valence-corrected chi connectivity index (χ2v) is 6.37. The summed E-state index contributed by atoms with van der Waals surface area (Å²) in [7, 11) is 2.15. The summed E-state index contributed by atoms with van der Waals surface area (Å²) in [6.07, 6.45) is 4.43. The van der Waals surface area contributed by atoms with E-state index in [0.717, 1.165) is 38.8 Å². The summed E-state index contributed by atoms with van der Waals surface area (Å²) in [5.74, 6) is 0.118. The van der Waals surface area contributed by atoms with Crippen LogP contribution in [0.15, 0.2) is 24.3 Å². The van der Waals surface area contributed by atoms with Gasteiger partial charge in [-0.1, -0.05) is 23.7 Å². The van der Waals surface area contributed by atoms with E-state index in [0.29, 0.717) is 22.7 Å². The number of piperidine rings is 1. The SMILES string of the molecule is CN1CCC(N(C(=O)c2ccccc2Cl)C2CC2)CC1. The summed E-state index contributed by atoms with van der Waals surface area (Å²) in [6.45, 7) is 2.15. The molecule has 3 nitrogen and oxygen atoms in total. The fourth-order valence-electron chi connectivity index (χ4n) is 3.03. The third-order valence-electron chi connectivity index (χ3n) is 4.36. The van der Waals surface area contributed by atoms with E-state index < -0.39 is 0 Å². The number of halogens is 1. The molecule has 0 unspecified atom stereocenters. The number of carbonyl (C=O) groups excluding carboxylic acids is 1. The predicted octanol–water partition coefficient (Wildman–Crippen LogP) is 3.04. The van der Waals surface area contributed by atoms with Gasteiger partial charge in [0.25, 0.3) is 5.91 Å². The maximum absolute atomic E-state index is 12.9. The van der Waals surface area contributed by atoms with Gasteiger partial charge in [-0.05, 0) is 58.0 Å². The minimum absolute atomic E-state index is 0.118. The highest BCUT2D eigenvalue weighted by molar-refractivity contribution is 6.33. The van der Waals surface area contributed by atoms with E-state index in [-0.39, 0.29) is 5.91 Å². The monoisotopic (exact) mass is 292 g/mol. The summed E-state index contributed by atoms with van der Waals surface area (Å²) in [4.78, 5) is 17.3. The van der Waals surface area contributed by atoms with Gasteiger partial charge in [0.15, 0.2) is 0 Å². The Balaban J connectivity index is 1.80. The molecule has 0 atom stereocenters. The van der Waals surface area contributed by atoms with Crippen molar-refractivity contribution in [2.24, 2.45) is 0 Å². The summed E-state index contributed by atoms with van der Waals surface area (Å²) in [6, 6.07) is 8.22. The molecule has 1 saturated heterocycles. The molecule has 1 amide bonds. The van der Waals surface area contributed by atoms with Crippen LogP contribution in [0, 0.1) is 0 Å². The Kier molecular flexibility index (Phi) is 3.99. The van der Waals surface area contributed by atoms with Crippen LogP contribution < -0.4 is 0 Å². The van der Waals surface area contributed by atoms with Crippen molar-refractivity contribution in [2.45, 2.75) is 37.8 Å². The highest BCUT2D eigenvalue weighted by Crippen LogP contribution is 2.34. The molecule has 0 radical (unpaired) electrons. The van der Waals surface area contributed by atoms with Gasteiger partial charge in [0.05, 0.1) is 10.6 Å². The first-order valence-corrected chi connectivity index (χ1v) is 7.80. The molecule has 1 aromatic rings. The first kappa shape index (κ1) is 13.9. The van der Waals surface area contributed by atoms with Crippen LogP contribution >= 0.6 is 11.6 Å². The van der Waals surface area contributed by atoms with Crippen LogP contribution in [0.1, 0.15) is 36.0 Å². The topological polar surface area (TPSA) is 23.6 Å². The first-order chi connectivity index (χ1) is 9.66. The minimum Gasteiger partial charge on any atom is -0.333 e. The van der Waals surface area contributed by atoms with Crippen molar-refractivity contribution in [3.63, 3.8) is 0 Å². The smallest absolute Gasteiger partial charge is 0.255 e. The maximum atomic E-state index is 12.9. The van der Waals surface area contributed by atoms with E-state index in [4.69, 9.17) is 11.6 Å². The van der Waals surface area contributed by atoms with Gasteiger partial charge in [0, 0.05) is 12.1 Å². The van der Waals surface area contributed by atoms with Gasteiger partial charge in [0.2, 0.25) is 0 Å². The van der Waals surface area contributed by atoms with Crippen LogP contribution in [-0.4, -0.2) is 47.9 Å². The lowest BCUT2D eigenvalue weighted by molar-refractivity contribution is 0.0569. The van der Waals surface area contributed by atoms with Crippen LogP contribution in [0.4, 0.5) is 0 Å². The Morgan fingerprint density at radius 1 is 1.15 bits per heavy atom. The number of hydrogen-bond donors (Lipinski definition) is 0. The molecule has 4 heteroatoms. The van der Waals surface area contributed by atoms with E-state index in [9.17, 15) is 4.79 Å². The van der Waals surface area contributed by atoms with Crippen molar-refractivity contribution in [3.05, 3.63) is 34.9 Å². The molecule has 108 valence electrons. The molecule has 1 aromatic carbocycles. The minimum atomic E-state index is 0.118. The van der Waals surface area contributed by atoms with Gasteiger partial charge >= 0.3 is 0 Å². The van der Waals surface area contributed by atoms with E-state index in [2.05, 4.69) is 16.8 Å². The zero-order chi connectivity index (χ0) is 14.1. The van der Waals surface area contributed by atoms with Gasteiger partial charge in [-0.25, -0.2) is 0 Å². The number of hydrogen-bond acceptors (Lipinski definition) is 2. The molecule has 1 aliphatic heterocycles. The zero-order valence-corrected chi connectivity index (χ0v) is 12.6. The second-order valence-electron chi connectivity index (χ2n) is 5.96. The summed E-state index contributed by atoms with van der Waals surface area (Å²) in [5, 5.41) is 0.566. The third-order valence-corrected chi connectivity index (χ3v) is 4.69. The van der Waals surface area contributed by atoms with Gasteiger partial charge in [-0.3, -0.25) is 4.79 Å². The first-order valence-electron chi connectivity index (χ1n) is 7.42. The average Bonchev–Trinajstić information content (AvgIpc) is 3.26. The van der Waals surface area contributed by atoms with Crippen LogP contribution in [0.3, 0.4) is 0 Å². The lowest BCUT2D eigenvalue weighted by Gasteiger charge is -2.37. The molecule has 0 bridgehead atoms. The van der Waals surface area contributed by atoms with E-state index in [1.807, 2.05) is 18.2 Å². The van der Waals surface area contributed by atoms with Crippen molar-refractivity contribution < 1.29 is 4.79 Å². The Labute approximate surface area is 125 Å². The number of amides is 1. The molecule has 20 heavy (non-hydrogen) atoms. The number of nitrogens with zero attached hydrogens (tertiary/aromatic N) is 2. The zero-order valence-electron chi connectivity index (χ0n) is 11.9. The van der Waals surface area contributed by atoms with Crippen molar-refractivity contribution in [1.82, 2.24) is 9.80 Å². The summed E-state index contributed by atoms with van der Waals surface area (Å²) in [5.41, 5.74) is 0.653. The van der Waals surface area contributed by atoms with Crippen LogP contribution in [0.5, 0.6) is 0 Å². The van der Waals surface area contributed by atoms with Gasteiger partial charge in [-0.2, -0.15) is 0 Å². The standard InChI is InChI=1S/C16H21ClN2O/c1-18-10-8-13(9-11-18)19(12-6-7-12)16(20)14-4-2-3-5-15(14)17/h2-5,12-13H,6-11H2,1H3. The van der Waals surface area contributed by atoms with E-state index in [1.165, 1.54) is 0 Å². The number of likely N-dealkylation sites (tertiary alicyclic amines) is 1. The lowest BCUT2D eigenvalue weighted by atomic mass is 10.0. The largest absolute Gasteiger partial charge is 0.333 e. The highest BCUT2D eigenvalue weighted by Gasteiger charge is 2.38. The number of carbonyl (C=O) groups is 1. The number of benzene rings is 1. The fourth-order valence-corrected chi connectivity index (χ4v) is 3.25. The normalized spacial score (nSPS) is 20.9. The second kappa shape index (κ2) is 5.74. The molecule has 2 aliphatic rings. The maximum Gasteiger partial charge on any atom is 0.255 e. The van der Waals surface area contributed by atoms with Crippen molar-refractivity contribution in [1.29, 1.82) is 0 Å². The van der Waals surface area contributed by atoms with Crippen LogP contribution in [0.25, 0.3) is 0 Å². The molecule has 2 fully saturated rings. The van der Waals surface area contributed by atoms with Crippen LogP contribution in [0.2, 0.25) is 5.02 Å². The van der Waals surface area contributed by atoms with E-state index >= 15 is 0 Å². The molecule has 0 aromatic heterocycles. The average molecular weight is 293 g/mol. The Bertz CT molecular complexity index is 493. The predicted molar refractivity (Wildman–Crippen MR) is 81.2 cm³/mol. The molecule has 1 heterocycles. The number of rotatable bonds is 3. The Hall–Kier alpha value is -1.06. The molecule has 3 rings (SSSR count). The highest BCUT2D eigenvalue weighted by atomic mass is 35.5. The molecule has 1 saturated carbocycles. The molecule has 0 spiro atoms. The fraction of sp³-hybridized carbons (Fsp3) is 0.562. The summed E-state index contributed by atoms with van der Waals surface area (Å²) < 4.78 is 0. The Morgan fingerprint density at radius 2 is 1.75 bits per heavy atom. The van der Waals surface area contributed by atoms with Crippen molar-refractivity contribution >= 4 is 17.5 Å². The van der Waals surface area contributed by atoms with Gasteiger partial charge < -0.3 is 9.80 Å². The van der Waals surface area contributed by atoms with Gasteiger partial charge in [-0.15, -0.1) is 0 Å². The Morgan fingerprint density at radius 3 is 2.35 bits per heavy atom.